The molecule has 0 aromatic carbocycles. The van der Waals surface area contributed by atoms with Crippen LogP contribution in [0.15, 0.2) is 36.7 Å². The topological polar surface area (TPSA) is 76.7 Å². The number of nitrogens with one attached hydrogen (secondary N) is 1. The predicted molar refractivity (Wildman–Crippen MR) is 56.9 cm³/mol. The summed E-state index contributed by atoms with van der Waals surface area (Å²) < 4.78 is 0. The second-order valence-electron chi connectivity index (χ2n) is 3.00. The Morgan fingerprint density at radius 1 is 1.13 bits per heavy atom. The second kappa shape index (κ2) is 4.47. The molecule has 76 valence electrons. The van der Waals surface area contributed by atoms with Gasteiger partial charge < -0.3 is 5.43 Å². The molecule has 0 bridgehead atoms. The molecule has 0 aliphatic heterocycles. The van der Waals surface area contributed by atoms with Crippen LogP contribution in [0.1, 0.15) is 11.5 Å². The van der Waals surface area contributed by atoms with E-state index in [1.54, 1.807) is 18.5 Å². The molecule has 2 aromatic heterocycles. The lowest BCUT2D eigenvalue weighted by molar-refractivity contribution is 0.934. The smallest absolute Gasteiger partial charge is 0.143 e. The number of rotatable bonds is 3. The van der Waals surface area contributed by atoms with Crippen LogP contribution >= 0.6 is 0 Å². The van der Waals surface area contributed by atoms with Crippen LogP contribution in [-0.2, 0) is 6.42 Å². The van der Waals surface area contributed by atoms with E-state index in [9.17, 15) is 0 Å². The maximum atomic E-state index is 5.26. The van der Waals surface area contributed by atoms with Gasteiger partial charge in [-0.15, -0.1) is 0 Å². The molecule has 0 spiro atoms. The largest absolute Gasteiger partial charge is 0.308 e. The lowest BCUT2D eigenvalue weighted by Gasteiger charge is -2.02. The zero-order chi connectivity index (χ0) is 10.5. The Morgan fingerprint density at radius 3 is 2.80 bits per heavy atom. The third-order valence-electron chi connectivity index (χ3n) is 1.92. The van der Waals surface area contributed by atoms with Crippen LogP contribution in [0.25, 0.3) is 0 Å². The van der Waals surface area contributed by atoms with Gasteiger partial charge in [-0.3, -0.25) is 4.98 Å². The van der Waals surface area contributed by atoms with Crippen LogP contribution in [0, 0.1) is 0 Å². The van der Waals surface area contributed by atoms with Gasteiger partial charge in [0.25, 0.3) is 0 Å². The first-order valence-corrected chi connectivity index (χ1v) is 4.57. The van der Waals surface area contributed by atoms with E-state index in [1.807, 2.05) is 18.2 Å². The highest BCUT2D eigenvalue weighted by molar-refractivity contribution is 5.31. The molecule has 2 aromatic rings. The summed E-state index contributed by atoms with van der Waals surface area (Å²) in [4.78, 5) is 12.5. The lowest BCUT2D eigenvalue weighted by Crippen LogP contribution is -2.10. The average molecular weight is 201 g/mol. The van der Waals surface area contributed by atoms with Crippen LogP contribution in [0.5, 0.6) is 0 Å². The highest BCUT2D eigenvalue weighted by Crippen LogP contribution is 2.04. The van der Waals surface area contributed by atoms with E-state index < -0.39 is 0 Å². The van der Waals surface area contributed by atoms with Gasteiger partial charge in [-0.1, -0.05) is 6.07 Å². The standard InChI is InChI=1S/C10H11N5/c11-15-9-4-6-13-10(14-9)7-8-3-1-2-5-12-8/h1-6H,7,11H2,(H,13,14,15). The average Bonchev–Trinajstić information content (AvgIpc) is 2.31. The fraction of sp³-hybridized carbons (Fsp3) is 0.100. The van der Waals surface area contributed by atoms with Gasteiger partial charge in [0, 0.05) is 24.2 Å². The highest BCUT2D eigenvalue weighted by atomic mass is 15.3. The minimum Gasteiger partial charge on any atom is -0.308 e. The number of hydrazine groups is 1. The monoisotopic (exact) mass is 201 g/mol. The second-order valence-corrected chi connectivity index (χ2v) is 3.00. The molecule has 0 aliphatic rings. The van der Waals surface area contributed by atoms with Crippen molar-refractivity contribution >= 4 is 5.82 Å². The maximum absolute atomic E-state index is 5.26. The van der Waals surface area contributed by atoms with Gasteiger partial charge in [0.15, 0.2) is 0 Å². The first-order chi connectivity index (χ1) is 7.38. The fourth-order valence-corrected chi connectivity index (χ4v) is 1.23. The minimum absolute atomic E-state index is 0.607. The Balaban J connectivity index is 2.17. The third-order valence-corrected chi connectivity index (χ3v) is 1.92. The van der Waals surface area contributed by atoms with E-state index in [0.717, 1.165) is 5.69 Å². The molecule has 5 heteroatoms. The van der Waals surface area contributed by atoms with E-state index in [0.29, 0.717) is 18.1 Å². The number of aromatic nitrogens is 3. The molecular weight excluding hydrogens is 190 g/mol. The number of hydrogen-bond acceptors (Lipinski definition) is 5. The lowest BCUT2D eigenvalue weighted by atomic mass is 10.2. The Hall–Kier alpha value is -2.01. The van der Waals surface area contributed by atoms with Gasteiger partial charge in [0.1, 0.15) is 11.6 Å². The number of nitrogen functional groups attached to an aromatic ring is 1. The van der Waals surface area contributed by atoms with Crippen molar-refractivity contribution in [1.82, 2.24) is 15.0 Å². The molecule has 0 fully saturated rings. The molecule has 0 aliphatic carbocycles. The number of nitrogens with two attached hydrogens (primary N) is 1. The zero-order valence-electron chi connectivity index (χ0n) is 8.09. The molecule has 5 nitrogen and oxygen atoms in total. The van der Waals surface area contributed by atoms with Gasteiger partial charge in [-0.2, -0.15) is 0 Å². The Morgan fingerprint density at radius 2 is 2.07 bits per heavy atom. The summed E-state index contributed by atoms with van der Waals surface area (Å²) in [6.07, 6.45) is 4.02. The predicted octanol–water partition coefficient (Wildman–Crippen LogP) is 0.748. The first kappa shape index (κ1) is 9.54. The normalized spacial score (nSPS) is 9.93. The van der Waals surface area contributed by atoms with E-state index in [4.69, 9.17) is 5.84 Å². The number of nitrogens with zero attached hydrogens (tertiary/aromatic N) is 3. The molecule has 3 N–H and O–H groups in total. The molecule has 0 amide bonds. The molecule has 0 saturated heterocycles. The number of hydrogen-bond donors (Lipinski definition) is 2. The Labute approximate surface area is 87.4 Å². The molecular formula is C10H11N5. The van der Waals surface area contributed by atoms with Crippen molar-refractivity contribution in [2.45, 2.75) is 6.42 Å². The summed E-state index contributed by atoms with van der Waals surface area (Å²) in [5.41, 5.74) is 3.42. The van der Waals surface area contributed by atoms with Gasteiger partial charge in [-0.25, -0.2) is 15.8 Å². The third kappa shape index (κ3) is 2.47. The molecule has 2 rings (SSSR count). The van der Waals surface area contributed by atoms with Gasteiger partial charge in [0.05, 0.1) is 6.42 Å². The molecule has 0 saturated carbocycles. The van der Waals surface area contributed by atoms with Crippen LogP contribution in [0.2, 0.25) is 0 Å². The van der Waals surface area contributed by atoms with E-state index in [2.05, 4.69) is 20.4 Å². The van der Waals surface area contributed by atoms with Gasteiger partial charge >= 0.3 is 0 Å². The fourth-order valence-electron chi connectivity index (χ4n) is 1.23. The maximum Gasteiger partial charge on any atom is 0.143 e. The van der Waals surface area contributed by atoms with Gasteiger partial charge in [-0.05, 0) is 12.1 Å². The molecule has 15 heavy (non-hydrogen) atoms. The summed E-state index contributed by atoms with van der Waals surface area (Å²) in [6, 6.07) is 7.46. The Kier molecular flexibility index (Phi) is 2.85. The molecule has 0 unspecified atom stereocenters. The van der Waals surface area contributed by atoms with Crippen LogP contribution in [-0.4, -0.2) is 15.0 Å². The Bertz CT molecular complexity index is 429. The zero-order valence-corrected chi connectivity index (χ0v) is 8.09. The van der Waals surface area contributed by atoms with Crippen molar-refractivity contribution in [2.24, 2.45) is 5.84 Å². The van der Waals surface area contributed by atoms with Crippen molar-refractivity contribution < 1.29 is 0 Å². The first-order valence-electron chi connectivity index (χ1n) is 4.57. The molecule has 2 heterocycles. The summed E-state index contributed by atoms with van der Waals surface area (Å²) in [5, 5.41) is 0. The van der Waals surface area contributed by atoms with Crippen LogP contribution < -0.4 is 11.3 Å². The SMILES string of the molecule is NNc1ccnc(Cc2ccccn2)n1. The van der Waals surface area contributed by atoms with Crippen molar-refractivity contribution in [1.29, 1.82) is 0 Å². The summed E-state index contributed by atoms with van der Waals surface area (Å²) >= 11 is 0. The number of anilines is 1. The molecule has 0 atom stereocenters. The van der Waals surface area contributed by atoms with Crippen LogP contribution in [0.3, 0.4) is 0 Å². The van der Waals surface area contributed by atoms with Crippen LogP contribution in [0.4, 0.5) is 5.82 Å². The number of pyridine rings is 1. The molecule has 0 radical (unpaired) electrons. The van der Waals surface area contributed by atoms with Crippen molar-refractivity contribution in [3.8, 4) is 0 Å². The van der Waals surface area contributed by atoms with Crippen molar-refractivity contribution in [3.63, 3.8) is 0 Å². The summed E-state index contributed by atoms with van der Waals surface area (Å²) in [7, 11) is 0. The summed E-state index contributed by atoms with van der Waals surface area (Å²) in [5.74, 6) is 6.56. The van der Waals surface area contributed by atoms with Crippen molar-refractivity contribution in [3.05, 3.63) is 48.2 Å². The van der Waals surface area contributed by atoms with Gasteiger partial charge in [0.2, 0.25) is 0 Å². The van der Waals surface area contributed by atoms with E-state index >= 15 is 0 Å². The van der Waals surface area contributed by atoms with E-state index in [1.165, 1.54) is 0 Å². The van der Waals surface area contributed by atoms with E-state index in [-0.39, 0.29) is 0 Å². The highest BCUT2D eigenvalue weighted by Gasteiger charge is 2.00. The van der Waals surface area contributed by atoms with Crippen molar-refractivity contribution in [2.75, 3.05) is 5.43 Å². The quantitative estimate of drug-likeness (QED) is 0.566. The minimum atomic E-state index is 0.607. The summed E-state index contributed by atoms with van der Waals surface area (Å²) in [6.45, 7) is 0.